The topological polar surface area (TPSA) is 30.2 Å². The summed E-state index contributed by atoms with van der Waals surface area (Å²) in [6, 6.07) is 6.09. The first kappa shape index (κ1) is 13.9. The smallest absolute Gasteiger partial charge is 0.200 e. The monoisotopic (exact) mass is 258 g/mol. The number of hydrogen-bond acceptors (Lipinski definition) is 2. The summed E-state index contributed by atoms with van der Waals surface area (Å²) in [6.45, 7) is 12.3. The van der Waals surface area contributed by atoms with Gasteiger partial charge in [-0.15, -0.1) is 0 Å². The molecule has 1 aromatic heterocycles. The lowest BCUT2D eigenvalue weighted by molar-refractivity contribution is 0.0913. The number of benzene rings is 1. The molecule has 0 N–H and O–H groups in total. The highest BCUT2D eigenvalue weighted by Gasteiger charge is 2.23. The highest BCUT2D eigenvalue weighted by Crippen LogP contribution is 2.34. The molecule has 0 aliphatic rings. The standard InChI is InChI=1S/C17H22O2/c1-10(2)15(18)14-9-12-11(3)7-8-13(16(12)19-14)17(4,5)6/h7-10H,1-6H3. The Labute approximate surface area is 114 Å². The van der Waals surface area contributed by atoms with Gasteiger partial charge in [0.2, 0.25) is 5.78 Å². The van der Waals surface area contributed by atoms with Gasteiger partial charge in [0.25, 0.3) is 0 Å². The number of rotatable bonds is 2. The Morgan fingerprint density at radius 2 is 1.84 bits per heavy atom. The van der Waals surface area contributed by atoms with Crippen LogP contribution in [0.1, 0.15) is 56.3 Å². The van der Waals surface area contributed by atoms with Crippen molar-refractivity contribution in [2.24, 2.45) is 5.92 Å². The molecule has 0 atom stereocenters. The van der Waals surface area contributed by atoms with Gasteiger partial charge in [0, 0.05) is 16.9 Å². The number of hydrogen-bond donors (Lipinski definition) is 0. The molecule has 0 saturated carbocycles. The van der Waals surface area contributed by atoms with Gasteiger partial charge in [-0.2, -0.15) is 0 Å². The number of furan rings is 1. The molecule has 0 unspecified atom stereocenters. The second-order valence-electron chi connectivity index (χ2n) is 6.55. The fraction of sp³-hybridized carbons (Fsp3) is 0.471. The minimum absolute atomic E-state index is 0.00194. The van der Waals surface area contributed by atoms with Crippen LogP contribution >= 0.6 is 0 Å². The van der Waals surface area contributed by atoms with Crippen molar-refractivity contribution in [3.63, 3.8) is 0 Å². The molecule has 0 bridgehead atoms. The van der Waals surface area contributed by atoms with Crippen LogP contribution in [0.4, 0.5) is 0 Å². The maximum absolute atomic E-state index is 12.1. The van der Waals surface area contributed by atoms with Crippen LogP contribution in [0, 0.1) is 12.8 Å². The van der Waals surface area contributed by atoms with Crippen molar-refractivity contribution in [1.29, 1.82) is 0 Å². The lowest BCUT2D eigenvalue weighted by atomic mass is 9.85. The minimum atomic E-state index is -0.0426. The van der Waals surface area contributed by atoms with Crippen LogP contribution < -0.4 is 0 Å². The van der Waals surface area contributed by atoms with Crippen molar-refractivity contribution in [1.82, 2.24) is 0 Å². The molecule has 102 valence electrons. The van der Waals surface area contributed by atoms with E-state index in [0.29, 0.717) is 5.76 Å². The van der Waals surface area contributed by atoms with Gasteiger partial charge in [0.1, 0.15) is 5.58 Å². The fourth-order valence-electron chi connectivity index (χ4n) is 2.25. The summed E-state index contributed by atoms with van der Waals surface area (Å²) in [5, 5.41) is 1.05. The molecule has 1 heterocycles. The van der Waals surface area contributed by atoms with E-state index < -0.39 is 0 Å². The Bertz CT molecular complexity index is 624. The number of ketones is 1. The van der Waals surface area contributed by atoms with Gasteiger partial charge in [0.05, 0.1) is 0 Å². The number of Topliss-reactive ketones (excluding diaryl/α,β-unsaturated/α-hetero) is 1. The lowest BCUT2D eigenvalue weighted by Gasteiger charge is -2.19. The number of aryl methyl sites for hydroxylation is 1. The van der Waals surface area contributed by atoms with Gasteiger partial charge >= 0.3 is 0 Å². The Balaban J connectivity index is 2.70. The second-order valence-corrected chi connectivity index (χ2v) is 6.55. The van der Waals surface area contributed by atoms with Crippen LogP contribution in [0.2, 0.25) is 0 Å². The van der Waals surface area contributed by atoms with E-state index in [2.05, 4.69) is 32.9 Å². The van der Waals surface area contributed by atoms with Crippen LogP contribution in [0.3, 0.4) is 0 Å². The molecular formula is C17H22O2. The van der Waals surface area contributed by atoms with E-state index in [0.717, 1.165) is 22.1 Å². The summed E-state index contributed by atoms with van der Waals surface area (Å²) in [5.74, 6) is 0.499. The molecule has 19 heavy (non-hydrogen) atoms. The summed E-state index contributed by atoms with van der Waals surface area (Å²) in [5.41, 5.74) is 3.16. The minimum Gasteiger partial charge on any atom is -0.453 e. The van der Waals surface area contributed by atoms with E-state index >= 15 is 0 Å². The van der Waals surface area contributed by atoms with Gasteiger partial charge in [-0.1, -0.05) is 46.8 Å². The highest BCUT2D eigenvalue weighted by molar-refractivity contribution is 5.99. The van der Waals surface area contributed by atoms with E-state index in [9.17, 15) is 4.79 Å². The average molecular weight is 258 g/mol. The molecule has 2 rings (SSSR count). The Hall–Kier alpha value is -1.57. The molecule has 0 saturated heterocycles. The normalized spacial score (nSPS) is 12.4. The molecule has 2 nitrogen and oxygen atoms in total. The van der Waals surface area contributed by atoms with Crippen LogP contribution in [-0.2, 0) is 5.41 Å². The largest absolute Gasteiger partial charge is 0.453 e. The lowest BCUT2D eigenvalue weighted by Crippen LogP contribution is -2.11. The zero-order valence-electron chi connectivity index (χ0n) is 12.6. The number of fused-ring (bicyclic) bond motifs is 1. The number of carbonyl (C=O) groups excluding carboxylic acids is 1. The van der Waals surface area contributed by atoms with Crippen LogP contribution in [-0.4, -0.2) is 5.78 Å². The van der Waals surface area contributed by atoms with E-state index in [1.54, 1.807) is 0 Å². The van der Waals surface area contributed by atoms with E-state index in [1.165, 1.54) is 0 Å². The maximum atomic E-state index is 12.1. The first-order valence-corrected chi connectivity index (χ1v) is 6.79. The molecule has 0 fully saturated rings. The van der Waals surface area contributed by atoms with Crippen molar-refractivity contribution >= 4 is 16.8 Å². The second kappa shape index (κ2) is 4.52. The van der Waals surface area contributed by atoms with Crippen molar-refractivity contribution in [3.8, 4) is 0 Å². The molecule has 0 amide bonds. The Morgan fingerprint density at radius 3 is 2.37 bits per heavy atom. The van der Waals surface area contributed by atoms with Crippen molar-refractivity contribution in [2.45, 2.75) is 47.0 Å². The third kappa shape index (κ3) is 2.44. The summed E-state index contributed by atoms with van der Waals surface area (Å²) < 4.78 is 5.88. The van der Waals surface area contributed by atoms with Gasteiger partial charge in [-0.25, -0.2) is 0 Å². The maximum Gasteiger partial charge on any atom is 0.200 e. The molecule has 0 radical (unpaired) electrons. The first-order chi connectivity index (χ1) is 8.71. The van der Waals surface area contributed by atoms with Gasteiger partial charge in [-0.3, -0.25) is 4.79 Å². The predicted octanol–water partition coefficient (Wildman–Crippen LogP) is 4.88. The first-order valence-electron chi connectivity index (χ1n) is 6.79. The zero-order valence-corrected chi connectivity index (χ0v) is 12.6. The summed E-state index contributed by atoms with van der Waals surface area (Å²) in [7, 11) is 0. The van der Waals surface area contributed by atoms with Gasteiger partial charge in [0.15, 0.2) is 5.76 Å². The predicted molar refractivity (Wildman–Crippen MR) is 78.8 cm³/mol. The molecule has 0 aliphatic carbocycles. The molecule has 0 spiro atoms. The third-order valence-corrected chi connectivity index (χ3v) is 3.48. The van der Waals surface area contributed by atoms with Crippen molar-refractivity contribution in [2.75, 3.05) is 0 Å². The summed E-state index contributed by atoms with van der Waals surface area (Å²) in [6.07, 6.45) is 0. The highest BCUT2D eigenvalue weighted by atomic mass is 16.3. The van der Waals surface area contributed by atoms with E-state index in [4.69, 9.17) is 4.42 Å². The van der Waals surface area contributed by atoms with E-state index in [-0.39, 0.29) is 17.1 Å². The fourth-order valence-corrected chi connectivity index (χ4v) is 2.25. The molecule has 2 heteroatoms. The van der Waals surface area contributed by atoms with E-state index in [1.807, 2.05) is 26.8 Å². The molecular weight excluding hydrogens is 236 g/mol. The Morgan fingerprint density at radius 1 is 1.21 bits per heavy atom. The zero-order chi connectivity index (χ0) is 14.4. The average Bonchev–Trinajstić information content (AvgIpc) is 2.71. The van der Waals surface area contributed by atoms with Crippen LogP contribution in [0.25, 0.3) is 11.0 Å². The van der Waals surface area contributed by atoms with Gasteiger partial charge in [-0.05, 0) is 24.0 Å². The van der Waals surface area contributed by atoms with Crippen molar-refractivity contribution in [3.05, 3.63) is 35.1 Å². The van der Waals surface area contributed by atoms with Crippen molar-refractivity contribution < 1.29 is 9.21 Å². The SMILES string of the molecule is Cc1ccc(C(C)(C)C)c2oc(C(=O)C(C)C)cc12. The van der Waals surface area contributed by atoms with Crippen LogP contribution in [0.5, 0.6) is 0 Å². The Kier molecular flexibility index (Phi) is 3.29. The summed E-state index contributed by atoms with van der Waals surface area (Å²) in [4.78, 5) is 12.1. The number of carbonyl (C=O) groups is 1. The van der Waals surface area contributed by atoms with Crippen LogP contribution in [0.15, 0.2) is 22.6 Å². The quantitative estimate of drug-likeness (QED) is 0.719. The molecule has 1 aromatic carbocycles. The molecule has 2 aromatic rings. The van der Waals surface area contributed by atoms with Gasteiger partial charge < -0.3 is 4.42 Å². The summed E-state index contributed by atoms with van der Waals surface area (Å²) >= 11 is 0. The third-order valence-electron chi connectivity index (χ3n) is 3.48. The molecule has 0 aliphatic heterocycles.